The van der Waals surface area contributed by atoms with Gasteiger partial charge in [-0.1, -0.05) is 30.3 Å². The number of benzene rings is 1. The highest BCUT2D eigenvalue weighted by molar-refractivity contribution is 5.81. The van der Waals surface area contributed by atoms with Crippen LogP contribution >= 0.6 is 0 Å². The lowest BCUT2D eigenvalue weighted by Crippen LogP contribution is -2.45. The third-order valence-corrected chi connectivity index (χ3v) is 3.41. The average Bonchev–Trinajstić information content (AvgIpc) is 2.44. The SMILES string of the molecule is CC(C)NC(=O)CN(C)CC(=O)N(Cc1ccccc1)C(C)C. The minimum Gasteiger partial charge on any atom is -0.353 e. The van der Waals surface area contributed by atoms with E-state index in [1.54, 1.807) is 11.9 Å². The number of nitrogens with zero attached hydrogens (tertiary/aromatic N) is 2. The van der Waals surface area contributed by atoms with E-state index in [1.807, 2.05) is 62.9 Å². The Labute approximate surface area is 139 Å². The molecule has 1 aromatic carbocycles. The Balaban J connectivity index is 2.59. The molecule has 5 heteroatoms. The van der Waals surface area contributed by atoms with Gasteiger partial charge in [0.2, 0.25) is 11.8 Å². The summed E-state index contributed by atoms with van der Waals surface area (Å²) in [6, 6.07) is 10.2. The highest BCUT2D eigenvalue weighted by atomic mass is 16.2. The van der Waals surface area contributed by atoms with Crippen LogP contribution in [-0.2, 0) is 16.1 Å². The van der Waals surface area contributed by atoms with E-state index in [2.05, 4.69) is 5.32 Å². The molecule has 0 spiro atoms. The maximum absolute atomic E-state index is 12.6. The Bertz CT molecular complexity index is 500. The number of rotatable bonds is 8. The fourth-order valence-electron chi connectivity index (χ4n) is 2.33. The number of amides is 2. The molecular weight excluding hydrogens is 290 g/mol. The van der Waals surface area contributed by atoms with Gasteiger partial charge < -0.3 is 10.2 Å². The minimum absolute atomic E-state index is 0.0312. The maximum atomic E-state index is 12.6. The third kappa shape index (κ3) is 7.28. The van der Waals surface area contributed by atoms with Crippen molar-refractivity contribution >= 4 is 11.8 Å². The molecule has 0 radical (unpaired) electrons. The molecule has 0 atom stereocenters. The molecule has 1 N–H and O–H groups in total. The molecule has 0 aliphatic rings. The fraction of sp³-hybridized carbons (Fsp3) is 0.556. The number of carbonyl (C=O) groups excluding carboxylic acids is 2. The summed E-state index contributed by atoms with van der Waals surface area (Å²) in [4.78, 5) is 27.9. The zero-order valence-corrected chi connectivity index (χ0v) is 14.9. The van der Waals surface area contributed by atoms with Gasteiger partial charge in [-0.05, 0) is 40.3 Å². The van der Waals surface area contributed by atoms with E-state index in [1.165, 1.54) is 0 Å². The van der Waals surface area contributed by atoms with E-state index in [0.29, 0.717) is 6.54 Å². The van der Waals surface area contributed by atoms with E-state index < -0.39 is 0 Å². The Hall–Kier alpha value is -1.88. The second-order valence-electron chi connectivity index (χ2n) is 6.50. The Morgan fingerprint density at radius 1 is 1.04 bits per heavy atom. The van der Waals surface area contributed by atoms with Crippen molar-refractivity contribution in [3.8, 4) is 0 Å². The van der Waals surface area contributed by atoms with Crippen LogP contribution in [0.3, 0.4) is 0 Å². The molecule has 128 valence electrons. The van der Waals surface area contributed by atoms with E-state index in [4.69, 9.17) is 0 Å². The molecule has 1 rings (SSSR count). The lowest BCUT2D eigenvalue weighted by Gasteiger charge is -2.29. The van der Waals surface area contributed by atoms with Crippen molar-refractivity contribution in [2.75, 3.05) is 20.1 Å². The summed E-state index contributed by atoms with van der Waals surface area (Å²) in [7, 11) is 1.79. The van der Waals surface area contributed by atoms with Crippen molar-refractivity contribution in [1.29, 1.82) is 0 Å². The maximum Gasteiger partial charge on any atom is 0.237 e. The summed E-state index contributed by atoms with van der Waals surface area (Å²) in [5, 5.41) is 2.83. The molecule has 0 saturated carbocycles. The van der Waals surface area contributed by atoms with Crippen molar-refractivity contribution in [3.63, 3.8) is 0 Å². The molecule has 0 aliphatic carbocycles. The van der Waals surface area contributed by atoms with Crippen molar-refractivity contribution in [3.05, 3.63) is 35.9 Å². The van der Waals surface area contributed by atoms with Crippen LogP contribution in [0, 0.1) is 0 Å². The van der Waals surface area contributed by atoms with Gasteiger partial charge in [0.15, 0.2) is 0 Å². The van der Waals surface area contributed by atoms with Crippen LogP contribution in [0.1, 0.15) is 33.3 Å². The summed E-state index contributed by atoms with van der Waals surface area (Å²) >= 11 is 0. The van der Waals surface area contributed by atoms with Gasteiger partial charge in [0.05, 0.1) is 13.1 Å². The second kappa shape index (κ2) is 9.30. The molecular formula is C18H29N3O2. The first kappa shape index (κ1) is 19.2. The van der Waals surface area contributed by atoms with Crippen LogP contribution in [-0.4, -0.2) is 53.8 Å². The molecule has 0 bridgehead atoms. The van der Waals surface area contributed by atoms with Gasteiger partial charge in [-0.3, -0.25) is 14.5 Å². The number of hydrogen-bond donors (Lipinski definition) is 1. The van der Waals surface area contributed by atoms with Gasteiger partial charge in [0.1, 0.15) is 0 Å². The molecule has 0 aromatic heterocycles. The molecule has 23 heavy (non-hydrogen) atoms. The van der Waals surface area contributed by atoms with E-state index in [9.17, 15) is 9.59 Å². The van der Waals surface area contributed by atoms with Crippen LogP contribution in [0.25, 0.3) is 0 Å². The Kier molecular flexibility index (Phi) is 7.75. The molecule has 0 aliphatic heterocycles. The third-order valence-electron chi connectivity index (χ3n) is 3.41. The van der Waals surface area contributed by atoms with Crippen molar-refractivity contribution in [1.82, 2.24) is 15.1 Å². The monoisotopic (exact) mass is 319 g/mol. The summed E-state index contributed by atoms with van der Waals surface area (Å²) in [5.74, 6) is -0.0295. The molecule has 2 amide bonds. The summed E-state index contributed by atoms with van der Waals surface area (Å²) in [5.41, 5.74) is 1.11. The zero-order valence-electron chi connectivity index (χ0n) is 14.9. The second-order valence-corrected chi connectivity index (χ2v) is 6.50. The Morgan fingerprint density at radius 3 is 2.17 bits per heavy atom. The van der Waals surface area contributed by atoms with E-state index in [0.717, 1.165) is 5.56 Å². The summed E-state index contributed by atoms with van der Waals surface area (Å²) < 4.78 is 0. The Morgan fingerprint density at radius 2 is 1.65 bits per heavy atom. The van der Waals surface area contributed by atoms with Gasteiger partial charge in [-0.2, -0.15) is 0 Å². The first-order valence-corrected chi connectivity index (χ1v) is 8.11. The van der Waals surface area contributed by atoms with Crippen molar-refractivity contribution < 1.29 is 9.59 Å². The van der Waals surface area contributed by atoms with Gasteiger partial charge >= 0.3 is 0 Å². The average molecular weight is 319 g/mol. The smallest absolute Gasteiger partial charge is 0.237 e. The molecule has 1 aromatic rings. The van der Waals surface area contributed by atoms with Gasteiger partial charge in [-0.15, -0.1) is 0 Å². The van der Waals surface area contributed by atoms with E-state index in [-0.39, 0.29) is 37.0 Å². The number of nitrogens with one attached hydrogen (secondary N) is 1. The van der Waals surface area contributed by atoms with Crippen molar-refractivity contribution in [2.24, 2.45) is 0 Å². The topological polar surface area (TPSA) is 52.7 Å². The fourth-order valence-corrected chi connectivity index (χ4v) is 2.33. The van der Waals surface area contributed by atoms with Crippen LogP contribution in [0.4, 0.5) is 0 Å². The predicted octanol–water partition coefficient (Wildman–Crippen LogP) is 1.88. The van der Waals surface area contributed by atoms with Crippen LogP contribution in [0.2, 0.25) is 0 Å². The number of hydrogen-bond acceptors (Lipinski definition) is 3. The minimum atomic E-state index is -0.0607. The molecule has 0 unspecified atom stereocenters. The summed E-state index contributed by atoms with van der Waals surface area (Å²) in [6.07, 6.45) is 0. The standard InChI is InChI=1S/C18H29N3O2/c1-14(2)19-17(22)12-20(5)13-18(23)21(15(3)4)11-16-9-7-6-8-10-16/h6-10,14-15H,11-13H2,1-5H3,(H,19,22). The van der Waals surface area contributed by atoms with Gasteiger partial charge in [0.25, 0.3) is 0 Å². The molecule has 0 saturated heterocycles. The number of carbonyl (C=O) groups is 2. The molecule has 0 fully saturated rings. The molecule has 0 heterocycles. The van der Waals surface area contributed by atoms with Crippen LogP contribution in [0.5, 0.6) is 0 Å². The lowest BCUT2D eigenvalue weighted by atomic mass is 10.2. The molecule has 5 nitrogen and oxygen atoms in total. The number of likely N-dealkylation sites (N-methyl/N-ethyl adjacent to an activating group) is 1. The highest BCUT2D eigenvalue weighted by Gasteiger charge is 2.19. The van der Waals surface area contributed by atoms with Gasteiger partial charge in [-0.25, -0.2) is 0 Å². The summed E-state index contributed by atoms with van der Waals surface area (Å²) in [6.45, 7) is 8.90. The predicted molar refractivity (Wildman–Crippen MR) is 92.9 cm³/mol. The van der Waals surface area contributed by atoms with Crippen LogP contribution < -0.4 is 5.32 Å². The van der Waals surface area contributed by atoms with Crippen LogP contribution in [0.15, 0.2) is 30.3 Å². The van der Waals surface area contributed by atoms with Crippen molar-refractivity contribution in [2.45, 2.75) is 46.3 Å². The zero-order chi connectivity index (χ0) is 17.4. The lowest BCUT2D eigenvalue weighted by molar-refractivity contribution is -0.135. The first-order chi connectivity index (χ1) is 10.8. The van der Waals surface area contributed by atoms with E-state index >= 15 is 0 Å². The normalized spacial score (nSPS) is 11.1. The van der Waals surface area contributed by atoms with Gasteiger partial charge in [0, 0.05) is 18.6 Å². The largest absolute Gasteiger partial charge is 0.353 e. The highest BCUT2D eigenvalue weighted by Crippen LogP contribution is 2.09. The quantitative estimate of drug-likeness (QED) is 0.796. The first-order valence-electron chi connectivity index (χ1n) is 8.11.